The third kappa shape index (κ3) is 2.14. The molecule has 0 atom stereocenters. The maximum atomic E-state index is 11.1. The third-order valence-corrected chi connectivity index (χ3v) is 3.07. The molecule has 11 heavy (non-hydrogen) atoms. The molecule has 4 N–H and O–H groups in total. The molecule has 0 aliphatic carbocycles. The summed E-state index contributed by atoms with van der Waals surface area (Å²) in [6, 6.07) is 0. The number of rotatable bonds is 4. The zero-order valence-corrected chi connectivity index (χ0v) is 7.02. The molecule has 0 bridgehead atoms. The van der Waals surface area contributed by atoms with Gasteiger partial charge in [0, 0.05) is 13.1 Å². The second-order valence-electron chi connectivity index (χ2n) is 1.99. The van der Waals surface area contributed by atoms with Gasteiger partial charge >= 0.3 is 0 Å². The number of hydrogen-bond donors (Lipinski definition) is 2. The second kappa shape index (κ2) is 3.66. The van der Waals surface area contributed by atoms with Gasteiger partial charge in [-0.25, -0.2) is 8.42 Å². The third-order valence-electron chi connectivity index (χ3n) is 1.22. The van der Waals surface area contributed by atoms with Gasteiger partial charge in [0.1, 0.15) is 0 Å². The Kier molecular flexibility index (Phi) is 3.44. The van der Waals surface area contributed by atoms with E-state index in [1.807, 2.05) is 0 Å². The predicted octanol–water partition coefficient (Wildman–Crippen LogP) is -0.654. The summed E-state index contributed by atoms with van der Waals surface area (Å²) in [6.07, 6.45) is 0. The van der Waals surface area contributed by atoms with Crippen molar-refractivity contribution in [2.24, 2.45) is 11.5 Å². The Labute approximate surface area is 66.5 Å². The van der Waals surface area contributed by atoms with E-state index < -0.39 is 9.84 Å². The Morgan fingerprint density at radius 2 is 1.36 bits per heavy atom. The SMILES string of the molecule is C=C(CN)S(=O)(=O)C(=C)CN. The highest BCUT2D eigenvalue weighted by Gasteiger charge is 2.16. The summed E-state index contributed by atoms with van der Waals surface area (Å²) in [6.45, 7) is 6.38. The van der Waals surface area contributed by atoms with Gasteiger partial charge in [0.2, 0.25) is 0 Å². The summed E-state index contributed by atoms with van der Waals surface area (Å²) in [7, 11) is -3.48. The first-order valence-corrected chi connectivity index (χ1v) is 4.46. The van der Waals surface area contributed by atoms with E-state index in [-0.39, 0.29) is 22.9 Å². The summed E-state index contributed by atoms with van der Waals surface area (Å²) in [5, 5.41) is 0. The molecular weight excluding hydrogens is 164 g/mol. The van der Waals surface area contributed by atoms with Gasteiger partial charge in [-0.15, -0.1) is 0 Å². The average molecular weight is 176 g/mol. The van der Waals surface area contributed by atoms with E-state index in [0.717, 1.165) is 0 Å². The molecule has 4 nitrogen and oxygen atoms in total. The van der Waals surface area contributed by atoms with Crippen molar-refractivity contribution in [3.63, 3.8) is 0 Å². The Hall–Kier alpha value is -0.650. The summed E-state index contributed by atoms with van der Waals surface area (Å²) in [5.74, 6) is 0. The summed E-state index contributed by atoms with van der Waals surface area (Å²) in [5.41, 5.74) is 10.2. The maximum absolute atomic E-state index is 11.1. The minimum absolute atomic E-state index is 0.0482. The molecule has 0 aromatic heterocycles. The van der Waals surface area contributed by atoms with Crippen LogP contribution in [-0.4, -0.2) is 21.5 Å². The van der Waals surface area contributed by atoms with Crippen LogP contribution in [0.5, 0.6) is 0 Å². The van der Waals surface area contributed by atoms with E-state index in [1.165, 1.54) is 0 Å². The molecule has 0 rings (SSSR count). The summed E-state index contributed by atoms with van der Waals surface area (Å²) >= 11 is 0. The van der Waals surface area contributed by atoms with Gasteiger partial charge in [-0.1, -0.05) is 13.2 Å². The van der Waals surface area contributed by atoms with Crippen molar-refractivity contribution in [1.29, 1.82) is 0 Å². The first-order valence-electron chi connectivity index (χ1n) is 2.97. The Morgan fingerprint density at radius 1 is 1.09 bits per heavy atom. The van der Waals surface area contributed by atoms with Crippen molar-refractivity contribution < 1.29 is 8.42 Å². The van der Waals surface area contributed by atoms with E-state index in [0.29, 0.717) is 0 Å². The van der Waals surface area contributed by atoms with Crippen molar-refractivity contribution in [3.05, 3.63) is 23.0 Å². The van der Waals surface area contributed by atoms with Gasteiger partial charge in [-0.3, -0.25) is 0 Å². The van der Waals surface area contributed by atoms with E-state index >= 15 is 0 Å². The zero-order chi connectivity index (χ0) is 9.07. The van der Waals surface area contributed by atoms with Crippen molar-refractivity contribution in [3.8, 4) is 0 Å². The Morgan fingerprint density at radius 3 is 1.55 bits per heavy atom. The van der Waals surface area contributed by atoms with Crippen molar-refractivity contribution in [2.45, 2.75) is 0 Å². The van der Waals surface area contributed by atoms with E-state index in [1.54, 1.807) is 0 Å². The molecule has 5 heteroatoms. The molecule has 0 amide bonds. The van der Waals surface area contributed by atoms with E-state index in [2.05, 4.69) is 13.2 Å². The fraction of sp³-hybridized carbons (Fsp3) is 0.333. The van der Waals surface area contributed by atoms with Gasteiger partial charge in [0.05, 0.1) is 9.81 Å². The van der Waals surface area contributed by atoms with Gasteiger partial charge in [-0.05, 0) is 0 Å². The first-order chi connectivity index (χ1) is 4.96. The molecule has 0 aliphatic rings. The smallest absolute Gasteiger partial charge is 0.200 e. The van der Waals surface area contributed by atoms with Crippen LogP contribution in [0.3, 0.4) is 0 Å². The van der Waals surface area contributed by atoms with Gasteiger partial charge in [-0.2, -0.15) is 0 Å². The fourth-order valence-electron chi connectivity index (χ4n) is 0.424. The quantitative estimate of drug-likeness (QED) is 0.595. The molecule has 0 fully saturated rings. The maximum Gasteiger partial charge on any atom is 0.200 e. The number of sulfone groups is 1. The number of hydrogen-bond acceptors (Lipinski definition) is 4. The van der Waals surface area contributed by atoms with Crippen LogP contribution in [0.25, 0.3) is 0 Å². The standard InChI is InChI=1S/C6H12N2O2S/c1-5(3-7)11(9,10)6(2)4-8/h1-4,7-8H2. The van der Waals surface area contributed by atoms with Crippen LogP contribution in [0.1, 0.15) is 0 Å². The predicted molar refractivity (Wildman–Crippen MR) is 45.3 cm³/mol. The van der Waals surface area contributed by atoms with Crippen LogP contribution in [0, 0.1) is 0 Å². The average Bonchev–Trinajstić information content (AvgIpc) is 2.01. The molecule has 0 aliphatic heterocycles. The van der Waals surface area contributed by atoms with Crippen molar-refractivity contribution in [2.75, 3.05) is 13.1 Å². The lowest BCUT2D eigenvalue weighted by Crippen LogP contribution is -2.18. The van der Waals surface area contributed by atoms with Crippen molar-refractivity contribution in [1.82, 2.24) is 0 Å². The topological polar surface area (TPSA) is 86.2 Å². The fourth-order valence-corrected chi connectivity index (χ4v) is 1.27. The molecular formula is C6H12N2O2S. The summed E-state index contributed by atoms with van der Waals surface area (Å²) < 4.78 is 22.3. The van der Waals surface area contributed by atoms with Crippen LogP contribution in [-0.2, 0) is 9.84 Å². The Balaban J connectivity index is 4.76. The molecule has 0 saturated heterocycles. The summed E-state index contributed by atoms with van der Waals surface area (Å²) in [4.78, 5) is -0.0964. The van der Waals surface area contributed by atoms with Crippen LogP contribution in [0.2, 0.25) is 0 Å². The number of nitrogens with two attached hydrogens (primary N) is 2. The minimum atomic E-state index is -3.48. The highest BCUT2D eigenvalue weighted by molar-refractivity contribution is 7.99. The highest BCUT2D eigenvalue weighted by Crippen LogP contribution is 2.10. The zero-order valence-electron chi connectivity index (χ0n) is 6.21. The molecule has 0 unspecified atom stereocenters. The monoisotopic (exact) mass is 176 g/mol. The van der Waals surface area contributed by atoms with Gasteiger partial charge < -0.3 is 11.5 Å². The highest BCUT2D eigenvalue weighted by atomic mass is 32.2. The van der Waals surface area contributed by atoms with Gasteiger partial charge in [0.15, 0.2) is 9.84 Å². The van der Waals surface area contributed by atoms with Crippen LogP contribution < -0.4 is 11.5 Å². The van der Waals surface area contributed by atoms with E-state index in [4.69, 9.17) is 11.5 Å². The van der Waals surface area contributed by atoms with Crippen LogP contribution in [0.4, 0.5) is 0 Å². The lowest BCUT2D eigenvalue weighted by molar-refractivity contribution is 0.606. The van der Waals surface area contributed by atoms with Crippen molar-refractivity contribution >= 4 is 9.84 Å². The molecule has 0 spiro atoms. The molecule has 0 aromatic rings. The Bertz CT molecular complexity index is 244. The normalized spacial score (nSPS) is 11.1. The minimum Gasteiger partial charge on any atom is -0.326 e. The lowest BCUT2D eigenvalue weighted by Gasteiger charge is -2.04. The lowest BCUT2D eigenvalue weighted by atomic mass is 10.6. The van der Waals surface area contributed by atoms with E-state index in [9.17, 15) is 8.42 Å². The molecule has 0 saturated carbocycles. The molecule has 0 radical (unpaired) electrons. The largest absolute Gasteiger partial charge is 0.326 e. The first kappa shape index (κ1) is 10.3. The van der Waals surface area contributed by atoms with Crippen LogP contribution >= 0.6 is 0 Å². The molecule has 0 heterocycles. The van der Waals surface area contributed by atoms with Crippen LogP contribution in [0.15, 0.2) is 23.0 Å². The molecule has 64 valence electrons. The molecule has 0 aromatic carbocycles. The van der Waals surface area contributed by atoms with Gasteiger partial charge in [0.25, 0.3) is 0 Å². The second-order valence-corrected chi connectivity index (χ2v) is 4.15.